The first-order chi connectivity index (χ1) is 7.91. The third-order valence-corrected chi connectivity index (χ3v) is 4.28. The lowest BCUT2D eigenvalue weighted by Crippen LogP contribution is -2.58. The van der Waals surface area contributed by atoms with E-state index in [1.165, 1.54) is 6.42 Å². The van der Waals surface area contributed by atoms with E-state index in [1.54, 1.807) is 0 Å². The minimum Gasteiger partial charge on any atom is -0.480 e. The molecule has 0 amide bonds. The van der Waals surface area contributed by atoms with E-state index < -0.39 is 11.5 Å². The molecule has 17 heavy (non-hydrogen) atoms. The summed E-state index contributed by atoms with van der Waals surface area (Å²) in [6, 6.07) is 0.275. The molecule has 1 rings (SSSR count). The molecule has 0 saturated heterocycles. The predicted molar refractivity (Wildman–Crippen MR) is 70.1 cm³/mol. The van der Waals surface area contributed by atoms with Crippen molar-refractivity contribution in [1.29, 1.82) is 0 Å². The molecule has 1 aliphatic carbocycles. The van der Waals surface area contributed by atoms with E-state index in [2.05, 4.69) is 33.0 Å². The van der Waals surface area contributed by atoms with Crippen LogP contribution in [0.1, 0.15) is 59.8 Å². The molecule has 0 heterocycles. The van der Waals surface area contributed by atoms with Gasteiger partial charge < -0.3 is 5.11 Å². The molecule has 100 valence electrons. The number of carboxylic acid groups (broad SMARTS) is 1. The molecule has 0 aromatic carbocycles. The zero-order chi connectivity index (χ0) is 13.1. The lowest BCUT2D eigenvalue weighted by molar-refractivity contribution is -0.148. The molecule has 0 aromatic rings. The molecule has 0 aromatic heterocycles. The van der Waals surface area contributed by atoms with Gasteiger partial charge in [0.2, 0.25) is 0 Å². The molecular weight excluding hydrogens is 214 g/mol. The summed E-state index contributed by atoms with van der Waals surface area (Å²) in [5.41, 5.74) is -0.678. The predicted octanol–water partition coefficient (Wildman–Crippen LogP) is 3.04. The largest absolute Gasteiger partial charge is 0.480 e. The van der Waals surface area contributed by atoms with Gasteiger partial charge in [0.05, 0.1) is 0 Å². The Morgan fingerprint density at radius 3 is 2.59 bits per heavy atom. The highest BCUT2D eigenvalue weighted by Gasteiger charge is 2.43. The molecule has 1 saturated carbocycles. The van der Waals surface area contributed by atoms with Gasteiger partial charge in [-0.15, -0.1) is 0 Å². The van der Waals surface area contributed by atoms with Crippen LogP contribution in [-0.4, -0.2) is 22.7 Å². The van der Waals surface area contributed by atoms with Crippen LogP contribution in [0.5, 0.6) is 0 Å². The Bertz CT molecular complexity index is 265. The highest BCUT2D eigenvalue weighted by atomic mass is 16.4. The average molecular weight is 241 g/mol. The zero-order valence-corrected chi connectivity index (χ0v) is 11.6. The SMILES string of the molecule is CCC(C)NC1(C(=O)O)CCCC(C(C)C)C1. The fourth-order valence-corrected chi connectivity index (χ4v) is 2.85. The Labute approximate surface area is 105 Å². The summed E-state index contributed by atoms with van der Waals surface area (Å²) in [4.78, 5) is 11.6. The van der Waals surface area contributed by atoms with Gasteiger partial charge in [0.25, 0.3) is 0 Å². The summed E-state index contributed by atoms with van der Waals surface area (Å²) in [6.07, 6.45) is 4.73. The van der Waals surface area contributed by atoms with Gasteiger partial charge in [0.15, 0.2) is 0 Å². The maximum atomic E-state index is 11.6. The summed E-state index contributed by atoms with van der Waals surface area (Å²) >= 11 is 0. The normalized spacial score (nSPS) is 31.5. The Morgan fingerprint density at radius 1 is 1.47 bits per heavy atom. The van der Waals surface area contributed by atoms with Gasteiger partial charge in [-0.1, -0.05) is 33.6 Å². The second kappa shape index (κ2) is 5.85. The summed E-state index contributed by atoms with van der Waals surface area (Å²) in [7, 11) is 0. The van der Waals surface area contributed by atoms with Crippen LogP contribution >= 0.6 is 0 Å². The molecule has 3 unspecified atom stereocenters. The monoisotopic (exact) mass is 241 g/mol. The van der Waals surface area contributed by atoms with Crippen molar-refractivity contribution in [3.63, 3.8) is 0 Å². The van der Waals surface area contributed by atoms with E-state index in [9.17, 15) is 9.90 Å². The fourth-order valence-electron chi connectivity index (χ4n) is 2.85. The molecule has 2 N–H and O–H groups in total. The number of hydrogen-bond acceptors (Lipinski definition) is 2. The topological polar surface area (TPSA) is 49.3 Å². The fraction of sp³-hybridized carbons (Fsp3) is 0.929. The van der Waals surface area contributed by atoms with E-state index in [0.29, 0.717) is 11.8 Å². The van der Waals surface area contributed by atoms with Crippen LogP contribution in [0.25, 0.3) is 0 Å². The zero-order valence-electron chi connectivity index (χ0n) is 11.6. The molecule has 0 bridgehead atoms. The Hall–Kier alpha value is -0.570. The molecule has 0 spiro atoms. The van der Waals surface area contributed by atoms with Crippen LogP contribution in [0.4, 0.5) is 0 Å². The molecule has 1 aliphatic rings. The lowest BCUT2D eigenvalue weighted by Gasteiger charge is -2.41. The summed E-state index contributed by atoms with van der Waals surface area (Å²) in [6.45, 7) is 8.57. The maximum absolute atomic E-state index is 11.6. The summed E-state index contributed by atoms with van der Waals surface area (Å²) < 4.78 is 0. The van der Waals surface area contributed by atoms with Crippen molar-refractivity contribution >= 4 is 5.97 Å². The molecule has 3 nitrogen and oxygen atoms in total. The van der Waals surface area contributed by atoms with Crippen LogP contribution < -0.4 is 5.32 Å². The van der Waals surface area contributed by atoms with Gasteiger partial charge in [-0.05, 0) is 38.0 Å². The van der Waals surface area contributed by atoms with Crippen LogP contribution in [0.15, 0.2) is 0 Å². The molecule has 0 radical (unpaired) electrons. The van der Waals surface area contributed by atoms with Gasteiger partial charge >= 0.3 is 5.97 Å². The number of carboxylic acids is 1. The third-order valence-electron chi connectivity index (χ3n) is 4.28. The maximum Gasteiger partial charge on any atom is 0.323 e. The van der Waals surface area contributed by atoms with Crippen molar-refractivity contribution < 1.29 is 9.90 Å². The van der Waals surface area contributed by atoms with E-state index in [4.69, 9.17) is 0 Å². The van der Waals surface area contributed by atoms with Crippen molar-refractivity contribution in [2.24, 2.45) is 11.8 Å². The first-order valence-electron chi connectivity index (χ1n) is 6.92. The molecule has 3 atom stereocenters. The lowest BCUT2D eigenvalue weighted by atomic mass is 9.71. The summed E-state index contributed by atoms with van der Waals surface area (Å²) in [5.74, 6) is 0.451. The minimum absolute atomic E-state index is 0.275. The van der Waals surface area contributed by atoms with Crippen LogP contribution in [0, 0.1) is 11.8 Å². The molecule has 0 aliphatic heterocycles. The van der Waals surface area contributed by atoms with Crippen molar-refractivity contribution in [1.82, 2.24) is 5.32 Å². The number of aliphatic carboxylic acids is 1. The second-order valence-electron chi connectivity index (χ2n) is 5.94. The average Bonchev–Trinajstić information content (AvgIpc) is 2.28. The van der Waals surface area contributed by atoms with Gasteiger partial charge in [-0.3, -0.25) is 10.1 Å². The van der Waals surface area contributed by atoms with E-state index in [1.807, 2.05) is 0 Å². The highest BCUT2D eigenvalue weighted by Crippen LogP contribution is 2.37. The van der Waals surface area contributed by atoms with Crippen molar-refractivity contribution in [3.8, 4) is 0 Å². The standard InChI is InChI=1S/C14H27NO2/c1-5-11(4)15-14(13(16)17)8-6-7-12(9-14)10(2)3/h10-12,15H,5-9H2,1-4H3,(H,16,17). The second-order valence-corrected chi connectivity index (χ2v) is 5.94. The third kappa shape index (κ3) is 3.44. The number of nitrogens with one attached hydrogen (secondary N) is 1. The number of rotatable bonds is 5. The van der Waals surface area contributed by atoms with Crippen LogP contribution in [-0.2, 0) is 4.79 Å². The molecule has 1 fully saturated rings. The first-order valence-corrected chi connectivity index (χ1v) is 6.92. The van der Waals surface area contributed by atoms with Gasteiger partial charge in [-0.2, -0.15) is 0 Å². The van der Waals surface area contributed by atoms with Gasteiger partial charge in [0, 0.05) is 6.04 Å². The Balaban J connectivity index is 2.80. The quantitative estimate of drug-likeness (QED) is 0.778. The van der Waals surface area contributed by atoms with E-state index in [0.717, 1.165) is 25.7 Å². The molecule has 3 heteroatoms. The molecular formula is C14H27NO2. The number of hydrogen-bond donors (Lipinski definition) is 2. The summed E-state index contributed by atoms with van der Waals surface area (Å²) in [5, 5.41) is 12.9. The van der Waals surface area contributed by atoms with Gasteiger partial charge in [-0.25, -0.2) is 0 Å². The van der Waals surface area contributed by atoms with Crippen LogP contribution in [0.2, 0.25) is 0 Å². The number of carbonyl (C=O) groups is 1. The Morgan fingerprint density at radius 2 is 2.12 bits per heavy atom. The van der Waals surface area contributed by atoms with Crippen molar-refractivity contribution in [2.45, 2.75) is 71.4 Å². The van der Waals surface area contributed by atoms with Crippen LogP contribution in [0.3, 0.4) is 0 Å². The van der Waals surface area contributed by atoms with E-state index in [-0.39, 0.29) is 6.04 Å². The Kier molecular flexibility index (Phi) is 4.99. The first kappa shape index (κ1) is 14.5. The van der Waals surface area contributed by atoms with Crippen molar-refractivity contribution in [2.75, 3.05) is 0 Å². The van der Waals surface area contributed by atoms with Crippen molar-refractivity contribution in [3.05, 3.63) is 0 Å². The smallest absolute Gasteiger partial charge is 0.323 e. The van der Waals surface area contributed by atoms with Gasteiger partial charge in [0.1, 0.15) is 5.54 Å². The minimum atomic E-state index is -0.678. The van der Waals surface area contributed by atoms with E-state index >= 15 is 0 Å². The highest BCUT2D eigenvalue weighted by molar-refractivity contribution is 5.79.